The third kappa shape index (κ3) is 4.43. The molecule has 3 aromatic carbocycles. The predicted octanol–water partition coefficient (Wildman–Crippen LogP) is 6.00. The smallest absolute Gasteiger partial charge is 0.316 e. The third-order valence-corrected chi connectivity index (χ3v) is 4.49. The molecular formula is C22H13F5IrN3-. The van der Waals surface area contributed by atoms with Gasteiger partial charge >= 0.3 is 6.18 Å². The van der Waals surface area contributed by atoms with E-state index in [0.29, 0.717) is 23.4 Å². The van der Waals surface area contributed by atoms with Gasteiger partial charge in [-0.1, -0.05) is 35.9 Å². The fourth-order valence-electron chi connectivity index (χ4n) is 3.05. The van der Waals surface area contributed by atoms with Crippen LogP contribution in [0.15, 0.2) is 60.7 Å². The zero-order valence-corrected chi connectivity index (χ0v) is 18.2. The second kappa shape index (κ2) is 8.69. The monoisotopic (exact) mass is 607 g/mol. The molecular weight excluding hydrogens is 593 g/mol. The molecule has 3 nitrogen and oxygen atoms in total. The molecule has 0 amide bonds. The molecule has 0 saturated heterocycles. The van der Waals surface area contributed by atoms with Gasteiger partial charge in [0.15, 0.2) is 5.82 Å². The van der Waals surface area contributed by atoms with Gasteiger partial charge in [-0.05, 0) is 42.3 Å². The van der Waals surface area contributed by atoms with Gasteiger partial charge < -0.3 is 4.57 Å². The minimum Gasteiger partial charge on any atom is -0.316 e. The Kier molecular flexibility index (Phi) is 6.38. The second-order valence-corrected chi connectivity index (χ2v) is 6.61. The Morgan fingerprint density at radius 3 is 2.16 bits per heavy atom. The number of rotatable bonds is 3. The van der Waals surface area contributed by atoms with Gasteiger partial charge in [0.1, 0.15) is 5.82 Å². The molecule has 0 bridgehead atoms. The number of halogens is 5. The number of hydrogen-bond donors (Lipinski definition) is 0. The average molecular weight is 607 g/mol. The number of aromatic nitrogens is 3. The van der Waals surface area contributed by atoms with E-state index in [9.17, 15) is 22.0 Å². The summed E-state index contributed by atoms with van der Waals surface area (Å²) in [7, 11) is 0. The number of hydrogen-bond acceptors (Lipinski definition) is 2. The molecule has 0 unspecified atom stereocenters. The van der Waals surface area contributed by atoms with Gasteiger partial charge in [-0.25, -0.2) is 4.39 Å². The van der Waals surface area contributed by atoms with Crippen LogP contribution in [-0.2, 0) is 26.3 Å². The van der Waals surface area contributed by atoms with Crippen molar-refractivity contribution in [1.29, 1.82) is 0 Å². The van der Waals surface area contributed by atoms with E-state index in [-0.39, 0.29) is 42.9 Å². The van der Waals surface area contributed by atoms with Crippen molar-refractivity contribution in [3.05, 3.63) is 89.5 Å². The molecule has 1 heterocycles. The first-order valence-electron chi connectivity index (χ1n) is 8.82. The standard InChI is InChI=1S/C22H13F5N3.Ir/c1-13-7-9-16(18(23)11-13)20-28-29-21(30(20)15-5-3-2-4-6-15)17-10-8-14(12-19(17)24)22(25,26)27;/h2-9,11-12H,1H3;/q-1;. The summed E-state index contributed by atoms with van der Waals surface area (Å²) >= 11 is 0. The molecule has 161 valence electrons. The number of para-hydroxylation sites is 1. The normalized spacial score (nSPS) is 11.3. The van der Waals surface area contributed by atoms with Crippen molar-refractivity contribution < 1.29 is 42.1 Å². The number of nitrogens with zero attached hydrogens (tertiary/aromatic N) is 3. The molecule has 0 N–H and O–H groups in total. The van der Waals surface area contributed by atoms with Crippen molar-refractivity contribution in [2.24, 2.45) is 0 Å². The summed E-state index contributed by atoms with van der Waals surface area (Å²) in [5.74, 6) is -1.72. The quantitative estimate of drug-likeness (QED) is 0.212. The molecule has 0 fully saturated rings. The van der Waals surface area contributed by atoms with Gasteiger partial charge in [0.05, 0.1) is 11.4 Å². The van der Waals surface area contributed by atoms with E-state index in [1.807, 2.05) is 0 Å². The minimum atomic E-state index is -4.71. The molecule has 1 aromatic heterocycles. The Labute approximate surface area is 187 Å². The van der Waals surface area contributed by atoms with Crippen LogP contribution >= 0.6 is 0 Å². The summed E-state index contributed by atoms with van der Waals surface area (Å²) < 4.78 is 69.3. The van der Waals surface area contributed by atoms with Gasteiger partial charge in [-0.15, -0.1) is 17.2 Å². The van der Waals surface area contributed by atoms with Gasteiger partial charge in [0.25, 0.3) is 0 Å². The summed E-state index contributed by atoms with van der Waals surface area (Å²) in [6, 6.07) is 16.4. The van der Waals surface area contributed by atoms with Crippen LogP contribution in [0.3, 0.4) is 0 Å². The minimum absolute atomic E-state index is 0. The summed E-state index contributed by atoms with van der Waals surface area (Å²) in [5, 5.41) is 7.96. The van der Waals surface area contributed by atoms with Crippen LogP contribution in [0.25, 0.3) is 28.5 Å². The largest absolute Gasteiger partial charge is 0.381 e. The first-order valence-corrected chi connectivity index (χ1v) is 8.82. The van der Waals surface area contributed by atoms with E-state index in [1.54, 1.807) is 43.3 Å². The van der Waals surface area contributed by atoms with E-state index in [4.69, 9.17) is 0 Å². The maximum atomic E-state index is 14.6. The summed E-state index contributed by atoms with van der Waals surface area (Å²) in [6.07, 6.45) is -4.71. The van der Waals surface area contributed by atoms with Crippen molar-refractivity contribution in [2.45, 2.75) is 13.1 Å². The average Bonchev–Trinajstić information content (AvgIpc) is 3.12. The first kappa shape index (κ1) is 22.8. The van der Waals surface area contributed by atoms with E-state index >= 15 is 0 Å². The Balaban J connectivity index is 0.00000272. The summed E-state index contributed by atoms with van der Waals surface area (Å²) in [6.45, 7) is 1.73. The summed E-state index contributed by atoms with van der Waals surface area (Å²) in [5.41, 5.74) is -0.169. The maximum Gasteiger partial charge on any atom is 0.381 e. The Bertz CT molecular complexity index is 1220. The molecule has 9 heteroatoms. The van der Waals surface area contributed by atoms with Crippen LogP contribution in [0.4, 0.5) is 22.0 Å². The third-order valence-electron chi connectivity index (χ3n) is 4.49. The van der Waals surface area contributed by atoms with Crippen molar-refractivity contribution in [2.75, 3.05) is 0 Å². The first-order chi connectivity index (χ1) is 14.3. The van der Waals surface area contributed by atoms with Crippen LogP contribution < -0.4 is 0 Å². The van der Waals surface area contributed by atoms with Crippen molar-refractivity contribution in [1.82, 2.24) is 14.8 Å². The molecule has 0 aliphatic rings. The van der Waals surface area contributed by atoms with E-state index in [0.717, 1.165) is 0 Å². The molecule has 0 spiro atoms. The van der Waals surface area contributed by atoms with Crippen molar-refractivity contribution >= 4 is 0 Å². The van der Waals surface area contributed by atoms with Gasteiger partial charge in [0, 0.05) is 31.6 Å². The predicted molar refractivity (Wildman–Crippen MR) is 101 cm³/mol. The summed E-state index contributed by atoms with van der Waals surface area (Å²) in [4.78, 5) is 0. The second-order valence-electron chi connectivity index (χ2n) is 6.61. The van der Waals surface area contributed by atoms with Gasteiger partial charge in [-0.3, -0.25) is 4.39 Å². The zero-order chi connectivity index (χ0) is 21.5. The number of alkyl halides is 3. The Morgan fingerprint density at radius 2 is 1.55 bits per heavy atom. The van der Waals surface area contributed by atoms with Crippen LogP contribution in [0.2, 0.25) is 0 Å². The Hall–Kier alpha value is -2.90. The molecule has 0 aliphatic carbocycles. The van der Waals surface area contributed by atoms with Crippen molar-refractivity contribution in [3.63, 3.8) is 0 Å². The van der Waals surface area contributed by atoms with Crippen molar-refractivity contribution in [3.8, 4) is 28.5 Å². The molecule has 4 rings (SSSR count). The fraction of sp³-hybridized carbons (Fsp3) is 0.0909. The van der Waals surface area contributed by atoms with E-state index in [1.165, 1.54) is 16.7 Å². The zero-order valence-electron chi connectivity index (χ0n) is 15.8. The number of benzene rings is 3. The molecule has 0 aliphatic heterocycles. The Morgan fingerprint density at radius 1 is 0.871 bits per heavy atom. The van der Waals surface area contributed by atoms with E-state index < -0.39 is 23.4 Å². The van der Waals surface area contributed by atoms with E-state index in [2.05, 4.69) is 16.3 Å². The van der Waals surface area contributed by atoms with Crippen LogP contribution in [-0.4, -0.2) is 14.8 Å². The van der Waals surface area contributed by atoms with Gasteiger partial charge in [0.2, 0.25) is 0 Å². The van der Waals surface area contributed by atoms with Crippen LogP contribution in [0.1, 0.15) is 11.1 Å². The molecule has 31 heavy (non-hydrogen) atoms. The molecule has 4 aromatic rings. The molecule has 0 saturated carbocycles. The van der Waals surface area contributed by atoms with Crippen LogP contribution in [0.5, 0.6) is 0 Å². The van der Waals surface area contributed by atoms with Gasteiger partial charge in [-0.2, -0.15) is 18.3 Å². The van der Waals surface area contributed by atoms with Crippen LogP contribution in [0, 0.1) is 24.6 Å². The number of aryl methyl sites for hydroxylation is 1. The molecule has 0 atom stereocenters. The maximum absolute atomic E-state index is 14.6. The topological polar surface area (TPSA) is 30.7 Å². The fourth-order valence-corrected chi connectivity index (χ4v) is 3.05. The SMILES string of the molecule is Cc1ccc(-c2nnc(-c3[c-]cc(C(F)(F)F)cc3F)n2-c2ccccc2)c(F)c1.[Ir]. The molecule has 1 radical (unpaired) electrons.